The molecule has 0 radical (unpaired) electrons. The second kappa shape index (κ2) is 9.69. The van der Waals surface area contributed by atoms with Gasteiger partial charge in [-0.15, -0.1) is 5.10 Å². The quantitative estimate of drug-likeness (QED) is 0.335. The van der Waals surface area contributed by atoms with Crippen LogP contribution in [-0.4, -0.2) is 44.5 Å². The van der Waals surface area contributed by atoms with Gasteiger partial charge < -0.3 is 15.1 Å². The molecular formula is C21H21ClN4O3S. The van der Waals surface area contributed by atoms with E-state index in [1.807, 2.05) is 19.9 Å². The molecule has 156 valence electrons. The van der Waals surface area contributed by atoms with Crippen LogP contribution in [0.15, 0.2) is 52.5 Å². The molecule has 0 atom stereocenters. The molecule has 3 N–H and O–H groups in total. The van der Waals surface area contributed by atoms with Crippen molar-refractivity contribution in [2.24, 2.45) is 0 Å². The molecule has 3 rings (SSSR count). The Labute approximate surface area is 183 Å². The molecule has 1 heterocycles. The first-order valence-electron chi connectivity index (χ1n) is 9.30. The van der Waals surface area contributed by atoms with Crippen LogP contribution in [0.3, 0.4) is 0 Å². The molecule has 0 saturated carbocycles. The van der Waals surface area contributed by atoms with Crippen LogP contribution in [0.2, 0.25) is 5.02 Å². The van der Waals surface area contributed by atoms with Gasteiger partial charge in [-0.05, 0) is 68.1 Å². The highest BCUT2D eigenvalue weighted by Crippen LogP contribution is 2.31. The summed E-state index contributed by atoms with van der Waals surface area (Å²) in [5.74, 6) is -0.619. The van der Waals surface area contributed by atoms with Gasteiger partial charge in [0.2, 0.25) is 5.16 Å². The zero-order chi connectivity index (χ0) is 21.7. The summed E-state index contributed by atoms with van der Waals surface area (Å²) in [5, 5.41) is 27.7. The molecule has 9 heteroatoms. The molecule has 7 nitrogen and oxygen atoms in total. The summed E-state index contributed by atoms with van der Waals surface area (Å²) in [7, 11) is 0. The lowest BCUT2D eigenvalue weighted by Gasteiger charge is -2.21. The molecule has 0 aliphatic rings. The fraction of sp³-hybridized carbons (Fsp3) is 0.190. The predicted octanol–water partition coefficient (Wildman–Crippen LogP) is 4.89. The van der Waals surface area contributed by atoms with Crippen LogP contribution in [0, 0.1) is 0 Å². The molecule has 3 aromatic rings. The van der Waals surface area contributed by atoms with Crippen LogP contribution in [0.5, 0.6) is 5.75 Å². The molecule has 0 saturated heterocycles. The standard InChI is InChI=1S/C21H21ClN4O3S/c1-3-26(4-2)16-10-7-14(17(27)12-16)11-18(20(28)29)30-21-23-19(24-25-21)13-5-8-15(22)9-6-13/h5-12,27H,3-4H2,1-2H3,(H,28,29)(H,23,24,25)/b18-11-. The molecule has 0 unspecified atom stereocenters. The van der Waals surface area contributed by atoms with Crippen molar-refractivity contribution in [3.05, 3.63) is 58.0 Å². The number of benzene rings is 2. The van der Waals surface area contributed by atoms with Gasteiger partial charge in [-0.3, -0.25) is 5.10 Å². The van der Waals surface area contributed by atoms with E-state index in [2.05, 4.69) is 20.1 Å². The van der Waals surface area contributed by atoms with Gasteiger partial charge >= 0.3 is 5.97 Å². The Balaban J connectivity index is 1.84. The fourth-order valence-corrected chi connectivity index (χ4v) is 3.67. The number of rotatable bonds is 8. The Bertz CT molecular complexity index is 1060. The second-order valence-corrected chi connectivity index (χ2v) is 7.75. The van der Waals surface area contributed by atoms with Crippen molar-refractivity contribution >= 4 is 41.1 Å². The maximum absolute atomic E-state index is 11.7. The number of aromatic hydroxyl groups is 1. The van der Waals surface area contributed by atoms with Crippen LogP contribution in [0.4, 0.5) is 5.69 Å². The van der Waals surface area contributed by atoms with Crippen molar-refractivity contribution < 1.29 is 15.0 Å². The lowest BCUT2D eigenvalue weighted by atomic mass is 10.1. The summed E-state index contributed by atoms with van der Waals surface area (Å²) in [6.45, 7) is 5.68. The van der Waals surface area contributed by atoms with Gasteiger partial charge in [0.05, 0.1) is 0 Å². The van der Waals surface area contributed by atoms with Gasteiger partial charge in [-0.25, -0.2) is 9.78 Å². The number of carbonyl (C=O) groups is 1. The van der Waals surface area contributed by atoms with Crippen LogP contribution >= 0.6 is 23.4 Å². The normalized spacial score (nSPS) is 11.5. The highest BCUT2D eigenvalue weighted by atomic mass is 35.5. The lowest BCUT2D eigenvalue weighted by molar-refractivity contribution is -0.131. The number of thioether (sulfide) groups is 1. The van der Waals surface area contributed by atoms with Crippen LogP contribution in [0.1, 0.15) is 19.4 Å². The number of hydrogen-bond donors (Lipinski definition) is 3. The van der Waals surface area contributed by atoms with E-state index in [4.69, 9.17) is 11.6 Å². The molecule has 0 bridgehead atoms. The van der Waals surface area contributed by atoms with E-state index < -0.39 is 5.97 Å². The van der Waals surface area contributed by atoms with E-state index >= 15 is 0 Å². The number of phenolic OH excluding ortho intramolecular Hbond substituents is 1. The van der Waals surface area contributed by atoms with Crippen molar-refractivity contribution in [2.45, 2.75) is 19.0 Å². The maximum Gasteiger partial charge on any atom is 0.342 e. The Kier molecular flexibility index (Phi) is 7.02. The van der Waals surface area contributed by atoms with Gasteiger partial charge in [-0.2, -0.15) is 0 Å². The number of phenols is 1. The summed E-state index contributed by atoms with van der Waals surface area (Å²) in [6, 6.07) is 12.2. The van der Waals surface area contributed by atoms with Crippen LogP contribution in [-0.2, 0) is 4.79 Å². The van der Waals surface area contributed by atoms with Crippen molar-refractivity contribution in [3.8, 4) is 17.1 Å². The number of carboxylic acid groups (broad SMARTS) is 1. The highest BCUT2D eigenvalue weighted by Gasteiger charge is 2.16. The largest absolute Gasteiger partial charge is 0.507 e. The first kappa shape index (κ1) is 21.7. The third kappa shape index (κ3) is 5.14. The highest BCUT2D eigenvalue weighted by molar-refractivity contribution is 8.04. The van der Waals surface area contributed by atoms with Crippen molar-refractivity contribution in [1.82, 2.24) is 15.2 Å². The average Bonchev–Trinajstić information content (AvgIpc) is 3.19. The zero-order valence-corrected chi connectivity index (χ0v) is 18.0. The molecule has 0 amide bonds. The van der Waals surface area contributed by atoms with Crippen LogP contribution in [0.25, 0.3) is 17.5 Å². The lowest BCUT2D eigenvalue weighted by Crippen LogP contribution is -2.21. The van der Waals surface area contributed by atoms with Gasteiger partial charge in [0.25, 0.3) is 0 Å². The monoisotopic (exact) mass is 444 g/mol. The smallest absolute Gasteiger partial charge is 0.342 e. The Hall–Kier alpha value is -2.97. The van der Waals surface area contributed by atoms with Gasteiger partial charge in [0, 0.05) is 41.0 Å². The Morgan fingerprint density at radius 2 is 1.90 bits per heavy atom. The minimum atomic E-state index is -1.13. The van der Waals surface area contributed by atoms with Gasteiger partial charge in [0.15, 0.2) is 5.82 Å². The molecule has 0 spiro atoms. The van der Waals surface area contributed by atoms with Crippen LogP contribution < -0.4 is 4.90 Å². The summed E-state index contributed by atoms with van der Waals surface area (Å²) in [5.41, 5.74) is 2.06. The Morgan fingerprint density at radius 1 is 1.20 bits per heavy atom. The Morgan fingerprint density at radius 3 is 2.50 bits per heavy atom. The van der Waals surface area contributed by atoms with E-state index in [-0.39, 0.29) is 15.8 Å². The van der Waals surface area contributed by atoms with Gasteiger partial charge in [0.1, 0.15) is 10.7 Å². The van der Waals surface area contributed by atoms with E-state index in [0.717, 1.165) is 36.1 Å². The van der Waals surface area contributed by atoms with Gasteiger partial charge in [-0.1, -0.05) is 11.6 Å². The summed E-state index contributed by atoms with van der Waals surface area (Å²) < 4.78 is 0. The summed E-state index contributed by atoms with van der Waals surface area (Å²) >= 11 is 6.79. The van der Waals surface area contributed by atoms with Crippen molar-refractivity contribution in [3.63, 3.8) is 0 Å². The minimum Gasteiger partial charge on any atom is -0.507 e. The van der Waals surface area contributed by atoms with E-state index in [0.29, 0.717) is 16.4 Å². The molecule has 2 aromatic carbocycles. The molecular weight excluding hydrogens is 424 g/mol. The van der Waals surface area contributed by atoms with E-state index in [9.17, 15) is 15.0 Å². The number of H-pyrrole nitrogens is 1. The number of aliphatic carboxylic acids is 1. The number of anilines is 1. The molecule has 0 fully saturated rings. The minimum absolute atomic E-state index is 0.00981. The number of carboxylic acids is 1. The number of aromatic amines is 1. The van der Waals surface area contributed by atoms with Crippen molar-refractivity contribution in [2.75, 3.05) is 18.0 Å². The number of aromatic nitrogens is 3. The summed E-state index contributed by atoms with van der Waals surface area (Å²) in [4.78, 5) is 18.2. The number of hydrogen-bond acceptors (Lipinski definition) is 6. The SMILES string of the molecule is CCN(CC)c1ccc(/C=C(\Sc2n[nH]c(-c3ccc(Cl)cc3)n2)C(=O)O)c(O)c1. The third-order valence-electron chi connectivity index (χ3n) is 4.42. The second-order valence-electron chi connectivity index (χ2n) is 6.30. The van der Waals surface area contributed by atoms with E-state index in [1.54, 1.807) is 36.4 Å². The first-order valence-corrected chi connectivity index (χ1v) is 10.5. The fourth-order valence-electron chi connectivity index (χ4n) is 2.84. The molecule has 0 aliphatic heterocycles. The first-order chi connectivity index (χ1) is 14.4. The third-order valence-corrected chi connectivity index (χ3v) is 5.55. The maximum atomic E-state index is 11.7. The topological polar surface area (TPSA) is 102 Å². The molecule has 0 aliphatic carbocycles. The molecule has 1 aromatic heterocycles. The number of nitrogens with one attached hydrogen (secondary N) is 1. The predicted molar refractivity (Wildman–Crippen MR) is 120 cm³/mol. The zero-order valence-electron chi connectivity index (χ0n) is 16.5. The van der Waals surface area contributed by atoms with E-state index in [1.165, 1.54) is 6.08 Å². The van der Waals surface area contributed by atoms with Crippen molar-refractivity contribution in [1.29, 1.82) is 0 Å². The average molecular weight is 445 g/mol. The number of halogens is 1. The number of nitrogens with zero attached hydrogens (tertiary/aromatic N) is 3. The summed E-state index contributed by atoms with van der Waals surface area (Å²) in [6.07, 6.45) is 1.41. The molecule has 30 heavy (non-hydrogen) atoms.